The highest BCUT2D eigenvalue weighted by atomic mass is 16.4. The van der Waals surface area contributed by atoms with Gasteiger partial charge in [0.05, 0.1) is 12.6 Å². The maximum atomic E-state index is 10.9. The lowest BCUT2D eigenvalue weighted by molar-refractivity contribution is -0.131. The van der Waals surface area contributed by atoms with Gasteiger partial charge in [-0.3, -0.25) is 4.79 Å². The minimum absolute atomic E-state index is 0.150. The molecule has 5 nitrogen and oxygen atoms in total. The summed E-state index contributed by atoms with van der Waals surface area (Å²) in [5, 5.41) is 19.3. The van der Waals surface area contributed by atoms with Gasteiger partial charge in [-0.15, -0.1) is 0 Å². The highest BCUT2D eigenvalue weighted by molar-refractivity contribution is 5.93. The van der Waals surface area contributed by atoms with Gasteiger partial charge in [0.25, 0.3) is 0 Å². The van der Waals surface area contributed by atoms with Crippen LogP contribution in [0, 0.1) is 0 Å². The van der Waals surface area contributed by atoms with Crippen molar-refractivity contribution in [1.29, 1.82) is 0 Å². The van der Waals surface area contributed by atoms with E-state index in [2.05, 4.69) is 5.32 Å². The summed E-state index contributed by atoms with van der Waals surface area (Å²) >= 11 is 0. The number of aliphatic hydroxyl groups excluding tert-OH is 1. The van der Waals surface area contributed by atoms with E-state index in [0.717, 1.165) is 12.2 Å². The molecule has 74 valence electrons. The Hall–Kier alpha value is -1.36. The first-order valence-electron chi connectivity index (χ1n) is 3.92. The van der Waals surface area contributed by atoms with Crippen LogP contribution in [0.3, 0.4) is 0 Å². The summed E-state index contributed by atoms with van der Waals surface area (Å²) < 4.78 is 0. The van der Waals surface area contributed by atoms with E-state index in [-0.39, 0.29) is 12.6 Å². The van der Waals surface area contributed by atoms with Gasteiger partial charge in [0.2, 0.25) is 5.91 Å². The van der Waals surface area contributed by atoms with Crippen molar-refractivity contribution in [3.05, 3.63) is 12.2 Å². The molecule has 0 unspecified atom stereocenters. The van der Waals surface area contributed by atoms with Crippen LogP contribution in [-0.4, -0.2) is 34.7 Å². The fourth-order valence-corrected chi connectivity index (χ4v) is 0.673. The van der Waals surface area contributed by atoms with Crippen LogP contribution in [0.2, 0.25) is 0 Å². The average Bonchev–Trinajstić information content (AvgIpc) is 2.10. The van der Waals surface area contributed by atoms with Crippen LogP contribution >= 0.6 is 0 Å². The van der Waals surface area contributed by atoms with Crippen LogP contribution in [0.15, 0.2) is 12.2 Å². The molecule has 0 rings (SSSR count). The Morgan fingerprint density at radius 2 is 2.08 bits per heavy atom. The zero-order valence-electron chi connectivity index (χ0n) is 7.36. The van der Waals surface area contributed by atoms with Gasteiger partial charge in [-0.05, 0) is 6.42 Å². The summed E-state index contributed by atoms with van der Waals surface area (Å²) in [5.74, 6) is -1.68. The third-order valence-electron chi connectivity index (χ3n) is 1.44. The summed E-state index contributed by atoms with van der Waals surface area (Å²) in [4.78, 5) is 20.9. The maximum Gasteiger partial charge on any atom is 0.328 e. The summed E-state index contributed by atoms with van der Waals surface area (Å²) in [6, 6.07) is -0.314. The first-order valence-corrected chi connectivity index (χ1v) is 3.92. The molecule has 0 saturated carbocycles. The standard InChI is InChI=1S/C8H13NO4/c1-2-6(5-10)9-7(11)3-4-8(12)13/h3-4,6,10H,2,5H2,1H3,(H,9,11)(H,12,13)/b4-3+/t6-/m0/s1. The van der Waals surface area contributed by atoms with Crippen molar-refractivity contribution in [1.82, 2.24) is 5.32 Å². The van der Waals surface area contributed by atoms with Crippen molar-refractivity contribution in [3.8, 4) is 0 Å². The number of aliphatic hydroxyl groups is 1. The van der Waals surface area contributed by atoms with Gasteiger partial charge in [0.15, 0.2) is 0 Å². The van der Waals surface area contributed by atoms with E-state index in [1.807, 2.05) is 6.92 Å². The van der Waals surface area contributed by atoms with Crippen molar-refractivity contribution in [3.63, 3.8) is 0 Å². The molecule has 1 atom stereocenters. The fourth-order valence-electron chi connectivity index (χ4n) is 0.673. The third-order valence-corrected chi connectivity index (χ3v) is 1.44. The van der Waals surface area contributed by atoms with Crippen LogP contribution in [0.5, 0.6) is 0 Å². The summed E-state index contributed by atoms with van der Waals surface area (Å²) in [6.45, 7) is 1.66. The van der Waals surface area contributed by atoms with Crippen LogP contribution in [0.4, 0.5) is 0 Å². The molecule has 0 aliphatic carbocycles. The number of hydrogen-bond acceptors (Lipinski definition) is 3. The van der Waals surface area contributed by atoms with Crippen molar-refractivity contribution >= 4 is 11.9 Å². The Kier molecular flexibility index (Phi) is 5.54. The molecular weight excluding hydrogens is 174 g/mol. The molecule has 0 aromatic rings. The van der Waals surface area contributed by atoms with Crippen LogP contribution in [-0.2, 0) is 9.59 Å². The molecule has 0 radical (unpaired) electrons. The van der Waals surface area contributed by atoms with E-state index in [9.17, 15) is 9.59 Å². The lowest BCUT2D eigenvalue weighted by Crippen LogP contribution is -2.35. The number of carbonyl (C=O) groups is 2. The lowest BCUT2D eigenvalue weighted by atomic mass is 10.2. The second-order valence-corrected chi connectivity index (χ2v) is 2.47. The number of carboxylic acid groups (broad SMARTS) is 1. The minimum atomic E-state index is -1.17. The van der Waals surface area contributed by atoms with Crippen LogP contribution in [0.1, 0.15) is 13.3 Å². The van der Waals surface area contributed by atoms with Gasteiger partial charge < -0.3 is 15.5 Å². The van der Waals surface area contributed by atoms with Crippen molar-refractivity contribution < 1.29 is 19.8 Å². The molecular formula is C8H13NO4. The topological polar surface area (TPSA) is 86.6 Å². The largest absolute Gasteiger partial charge is 0.478 e. The van der Waals surface area contributed by atoms with Gasteiger partial charge in [0.1, 0.15) is 0 Å². The highest BCUT2D eigenvalue weighted by Gasteiger charge is 2.05. The molecule has 13 heavy (non-hydrogen) atoms. The zero-order valence-corrected chi connectivity index (χ0v) is 7.36. The summed E-state index contributed by atoms with van der Waals surface area (Å²) in [6.07, 6.45) is 2.27. The molecule has 0 fully saturated rings. The second kappa shape index (κ2) is 6.19. The summed E-state index contributed by atoms with van der Waals surface area (Å²) in [7, 11) is 0. The third kappa shape index (κ3) is 5.86. The Bertz CT molecular complexity index is 208. The Morgan fingerprint density at radius 1 is 1.46 bits per heavy atom. The molecule has 5 heteroatoms. The number of carbonyl (C=O) groups excluding carboxylic acids is 1. The number of rotatable bonds is 5. The minimum Gasteiger partial charge on any atom is -0.478 e. The van der Waals surface area contributed by atoms with Crippen LogP contribution < -0.4 is 5.32 Å². The average molecular weight is 187 g/mol. The van der Waals surface area contributed by atoms with Crippen molar-refractivity contribution in [2.75, 3.05) is 6.61 Å². The first kappa shape index (κ1) is 11.6. The molecule has 0 saturated heterocycles. The van der Waals surface area contributed by atoms with Gasteiger partial charge in [-0.2, -0.15) is 0 Å². The van der Waals surface area contributed by atoms with E-state index < -0.39 is 11.9 Å². The predicted octanol–water partition coefficient (Wildman–Crippen LogP) is -0.486. The number of amides is 1. The monoisotopic (exact) mass is 187 g/mol. The molecule has 0 bridgehead atoms. The quantitative estimate of drug-likeness (QED) is 0.507. The van der Waals surface area contributed by atoms with Crippen LogP contribution in [0.25, 0.3) is 0 Å². The highest BCUT2D eigenvalue weighted by Crippen LogP contribution is 1.88. The SMILES string of the molecule is CC[C@@H](CO)NC(=O)/C=C/C(=O)O. The van der Waals surface area contributed by atoms with E-state index in [0.29, 0.717) is 6.42 Å². The Labute approximate surface area is 76.1 Å². The van der Waals surface area contributed by atoms with Gasteiger partial charge >= 0.3 is 5.97 Å². The molecule has 0 spiro atoms. The second-order valence-electron chi connectivity index (χ2n) is 2.47. The molecule has 0 aliphatic heterocycles. The summed E-state index contributed by atoms with van der Waals surface area (Å²) in [5.41, 5.74) is 0. The number of aliphatic carboxylic acids is 1. The van der Waals surface area contributed by atoms with Gasteiger partial charge in [-0.1, -0.05) is 6.92 Å². The van der Waals surface area contributed by atoms with Crippen molar-refractivity contribution in [2.24, 2.45) is 0 Å². The zero-order chi connectivity index (χ0) is 10.3. The Morgan fingerprint density at radius 3 is 2.46 bits per heavy atom. The molecule has 3 N–H and O–H groups in total. The van der Waals surface area contributed by atoms with E-state index in [1.165, 1.54) is 0 Å². The first-order chi connectivity index (χ1) is 6.10. The smallest absolute Gasteiger partial charge is 0.328 e. The lowest BCUT2D eigenvalue weighted by Gasteiger charge is -2.11. The van der Waals surface area contributed by atoms with E-state index in [1.54, 1.807) is 0 Å². The number of nitrogens with one attached hydrogen (secondary N) is 1. The number of hydrogen-bond donors (Lipinski definition) is 3. The van der Waals surface area contributed by atoms with Gasteiger partial charge in [0, 0.05) is 12.2 Å². The molecule has 0 aliphatic rings. The predicted molar refractivity (Wildman–Crippen MR) is 46.1 cm³/mol. The van der Waals surface area contributed by atoms with Crippen molar-refractivity contribution in [2.45, 2.75) is 19.4 Å². The molecule has 0 aromatic carbocycles. The van der Waals surface area contributed by atoms with Gasteiger partial charge in [-0.25, -0.2) is 4.79 Å². The van der Waals surface area contributed by atoms with E-state index in [4.69, 9.17) is 10.2 Å². The molecule has 0 aromatic heterocycles. The Balaban J connectivity index is 3.92. The maximum absolute atomic E-state index is 10.9. The fraction of sp³-hybridized carbons (Fsp3) is 0.500. The molecule has 0 heterocycles. The number of carboxylic acids is 1. The molecule has 1 amide bonds. The van der Waals surface area contributed by atoms with E-state index >= 15 is 0 Å². The normalized spacial score (nSPS) is 12.8.